The van der Waals surface area contributed by atoms with Gasteiger partial charge in [0, 0.05) is 0 Å². The lowest BCUT2D eigenvalue weighted by atomic mass is 9.47. The van der Waals surface area contributed by atoms with Crippen molar-refractivity contribution in [2.75, 3.05) is 6.61 Å². The van der Waals surface area contributed by atoms with Gasteiger partial charge in [-0.2, -0.15) is 0 Å². The van der Waals surface area contributed by atoms with Gasteiger partial charge in [-0.1, -0.05) is 27.2 Å². The summed E-state index contributed by atoms with van der Waals surface area (Å²) in [4.78, 5) is 0. The summed E-state index contributed by atoms with van der Waals surface area (Å²) < 4.78 is 5.55. The molecule has 0 amide bonds. The molecule has 17 heavy (non-hydrogen) atoms. The van der Waals surface area contributed by atoms with Crippen molar-refractivity contribution in [3.63, 3.8) is 0 Å². The average molecular weight is 234 g/mol. The van der Waals surface area contributed by atoms with E-state index in [0.29, 0.717) is 10.8 Å². The number of fused-ring (bicyclic) bond motifs is 3. The fourth-order valence-corrected chi connectivity index (χ4v) is 5.22. The van der Waals surface area contributed by atoms with E-state index in [0.717, 1.165) is 18.4 Å². The van der Waals surface area contributed by atoms with Crippen LogP contribution < -0.4 is 0 Å². The van der Waals surface area contributed by atoms with Crippen molar-refractivity contribution in [3.8, 4) is 0 Å². The predicted octanol–water partition coefficient (Wildman–Crippen LogP) is 4.53. The highest BCUT2D eigenvalue weighted by Gasteiger charge is 2.53. The Bertz CT molecular complexity index is 341. The van der Waals surface area contributed by atoms with Crippen molar-refractivity contribution < 1.29 is 4.74 Å². The van der Waals surface area contributed by atoms with Crippen LogP contribution in [-0.2, 0) is 4.74 Å². The van der Waals surface area contributed by atoms with Gasteiger partial charge < -0.3 is 4.74 Å². The zero-order valence-corrected chi connectivity index (χ0v) is 11.6. The number of rotatable bonds is 0. The minimum absolute atomic E-state index is 0.551. The molecule has 0 saturated heterocycles. The average Bonchev–Trinajstić information content (AvgIpc) is 2.28. The first-order valence-electron chi connectivity index (χ1n) is 7.34. The topological polar surface area (TPSA) is 9.23 Å². The molecule has 0 bridgehead atoms. The first-order chi connectivity index (χ1) is 8.04. The van der Waals surface area contributed by atoms with Crippen LogP contribution in [0.5, 0.6) is 0 Å². The van der Waals surface area contributed by atoms with Crippen molar-refractivity contribution >= 4 is 0 Å². The Morgan fingerprint density at radius 1 is 1.18 bits per heavy atom. The summed E-state index contributed by atoms with van der Waals surface area (Å²) >= 11 is 0. The Balaban J connectivity index is 1.97. The van der Waals surface area contributed by atoms with Crippen LogP contribution in [0, 0.1) is 22.7 Å². The van der Waals surface area contributed by atoms with Crippen LogP contribution in [-0.4, -0.2) is 6.61 Å². The standard InChI is InChI=1S/C16H26O/c1-15(2)8-4-9-16(3)13-7-10-17-11-12(13)5-6-14(15)16/h11,13-14H,4-10H2,1-3H3/t13-,14?,16?/m1/s1. The highest BCUT2D eigenvalue weighted by Crippen LogP contribution is 2.62. The Kier molecular flexibility index (Phi) is 2.57. The van der Waals surface area contributed by atoms with Crippen LogP contribution in [0.1, 0.15) is 59.3 Å². The predicted molar refractivity (Wildman–Crippen MR) is 70.6 cm³/mol. The maximum Gasteiger partial charge on any atom is 0.0879 e. The maximum absolute atomic E-state index is 5.55. The molecular weight excluding hydrogens is 208 g/mol. The Labute approximate surface area is 106 Å². The van der Waals surface area contributed by atoms with E-state index in [2.05, 4.69) is 27.0 Å². The number of hydrogen-bond donors (Lipinski definition) is 0. The van der Waals surface area contributed by atoms with Crippen LogP contribution in [0.25, 0.3) is 0 Å². The highest BCUT2D eigenvalue weighted by molar-refractivity contribution is 5.18. The molecule has 0 radical (unpaired) electrons. The highest BCUT2D eigenvalue weighted by atomic mass is 16.5. The van der Waals surface area contributed by atoms with E-state index in [9.17, 15) is 0 Å². The lowest BCUT2D eigenvalue weighted by molar-refractivity contribution is -0.0646. The second-order valence-corrected chi connectivity index (χ2v) is 7.34. The SMILES string of the molecule is CC1(C)CCCC2(C)C1CCC1=COCC[C@H]12. The minimum atomic E-state index is 0.551. The molecule has 3 rings (SSSR count). The van der Waals surface area contributed by atoms with Gasteiger partial charge in [-0.15, -0.1) is 0 Å². The van der Waals surface area contributed by atoms with E-state index >= 15 is 0 Å². The molecule has 1 heterocycles. The van der Waals surface area contributed by atoms with E-state index < -0.39 is 0 Å². The molecule has 0 spiro atoms. The van der Waals surface area contributed by atoms with Crippen molar-refractivity contribution in [2.45, 2.75) is 59.3 Å². The number of allylic oxidation sites excluding steroid dienone is 1. The van der Waals surface area contributed by atoms with Gasteiger partial charge in [0.25, 0.3) is 0 Å². The summed E-state index contributed by atoms with van der Waals surface area (Å²) in [6, 6.07) is 0. The molecule has 1 aliphatic heterocycles. The zero-order chi connectivity index (χ0) is 12.1. The van der Waals surface area contributed by atoms with Crippen molar-refractivity contribution in [1.29, 1.82) is 0 Å². The normalized spacial score (nSPS) is 44.1. The molecule has 2 unspecified atom stereocenters. The van der Waals surface area contributed by atoms with Gasteiger partial charge in [0.05, 0.1) is 12.9 Å². The van der Waals surface area contributed by atoms with E-state index in [4.69, 9.17) is 4.74 Å². The Morgan fingerprint density at radius 3 is 2.82 bits per heavy atom. The van der Waals surface area contributed by atoms with Crippen LogP contribution in [0.2, 0.25) is 0 Å². The van der Waals surface area contributed by atoms with E-state index in [1.807, 2.05) is 0 Å². The summed E-state index contributed by atoms with van der Waals surface area (Å²) in [6.45, 7) is 8.52. The van der Waals surface area contributed by atoms with Gasteiger partial charge in [0.15, 0.2) is 0 Å². The smallest absolute Gasteiger partial charge is 0.0879 e. The molecule has 0 aromatic rings. The lowest BCUT2D eigenvalue weighted by Crippen LogP contribution is -2.50. The summed E-state index contributed by atoms with van der Waals surface area (Å²) in [5.74, 6) is 1.73. The van der Waals surface area contributed by atoms with Crippen LogP contribution in [0.3, 0.4) is 0 Å². The molecular formula is C16H26O. The van der Waals surface area contributed by atoms with Crippen LogP contribution in [0.15, 0.2) is 11.8 Å². The molecule has 3 atom stereocenters. The Hall–Kier alpha value is -0.460. The fourth-order valence-electron chi connectivity index (χ4n) is 5.22. The summed E-state index contributed by atoms with van der Waals surface area (Å²) in [6.07, 6.45) is 10.3. The number of ether oxygens (including phenoxy) is 1. The molecule has 0 aromatic heterocycles. The zero-order valence-electron chi connectivity index (χ0n) is 11.6. The third-order valence-corrected chi connectivity index (χ3v) is 6.00. The van der Waals surface area contributed by atoms with E-state index in [1.54, 1.807) is 5.57 Å². The molecule has 0 aromatic carbocycles. The van der Waals surface area contributed by atoms with Crippen LogP contribution >= 0.6 is 0 Å². The van der Waals surface area contributed by atoms with Gasteiger partial charge >= 0.3 is 0 Å². The maximum atomic E-state index is 5.55. The van der Waals surface area contributed by atoms with E-state index in [1.165, 1.54) is 38.5 Å². The second-order valence-electron chi connectivity index (χ2n) is 7.34. The summed E-state index contributed by atoms with van der Waals surface area (Å²) in [5.41, 5.74) is 2.72. The van der Waals surface area contributed by atoms with Gasteiger partial charge in [-0.25, -0.2) is 0 Å². The Morgan fingerprint density at radius 2 is 2.00 bits per heavy atom. The van der Waals surface area contributed by atoms with Gasteiger partial charge in [-0.3, -0.25) is 0 Å². The number of hydrogen-bond acceptors (Lipinski definition) is 1. The fraction of sp³-hybridized carbons (Fsp3) is 0.875. The third kappa shape index (κ3) is 1.65. The monoisotopic (exact) mass is 234 g/mol. The van der Waals surface area contributed by atoms with Crippen LogP contribution in [0.4, 0.5) is 0 Å². The molecule has 2 aliphatic carbocycles. The molecule has 1 nitrogen and oxygen atoms in total. The molecule has 2 fully saturated rings. The largest absolute Gasteiger partial charge is 0.501 e. The second kappa shape index (κ2) is 3.76. The third-order valence-electron chi connectivity index (χ3n) is 6.00. The van der Waals surface area contributed by atoms with Crippen molar-refractivity contribution in [1.82, 2.24) is 0 Å². The molecule has 2 saturated carbocycles. The molecule has 1 heteroatoms. The molecule has 3 aliphatic rings. The van der Waals surface area contributed by atoms with Gasteiger partial charge in [-0.05, 0) is 60.3 Å². The first-order valence-corrected chi connectivity index (χ1v) is 7.34. The molecule has 96 valence electrons. The summed E-state index contributed by atoms with van der Waals surface area (Å²) in [5, 5.41) is 0. The van der Waals surface area contributed by atoms with E-state index in [-0.39, 0.29) is 0 Å². The van der Waals surface area contributed by atoms with Gasteiger partial charge in [0.2, 0.25) is 0 Å². The van der Waals surface area contributed by atoms with Crippen molar-refractivity contribution in [2.24, 2.45) is 22.7 Å². The lowest BCUT2D eigenvalue weighted by Gasteiger charge is -2.58. The quantitative estimate of drug-likeness (QED) is 0.598. The molecule has 0 N–H and O–H groups in total. The van der Waals surface area contributed by atoms with Gasteiger partial charge in [0.1, 0.15) is 0 Å². The minimum Gasteiger partial charge on any atom is -0.501 e. The summed E-state index contributed by atoms with van der Waals surface area (Å²) in [7, 11) is 0. The van der Waals surface area contributed by atoms with Crippen molar-refractivity contribution in [3.05, 3.63) is 11.8 Å². The first kappa shape index (κ1) is 11.6.